The number of pyridine rings is 1. The SMILES string of the molecule is Cc1cc(-c2cc([C@H]3CC[C@H](O)CC3)n3nc(N[C@@H](C)CC(F)(F)F)ncc23)ccn1. The van der Waals surface area contributed by atoms with Crippen molar-refractivity contribution in [3.63, 3.8) is 0 Å². The van der Waals surface area contributed by atoms with Crippen molar-refractivity contribution in [3.05, 3.63) is 42.0 Å². The number of aryl methyl sites for hydroxylation is 1. The lowest BCUT2D eigenvalue weighted by atomic mass is 9.85. The number of nitrogens with one attached hydrogen (secondary N) is 1. The summed E-state index contributed by atoms with van der Waals surface area (Å²) in [4.78, 5) is 8.55. The molecule has 1 aliphatic rings. The molecule has 0 aliphatic heterocycles. The number of nitrogens with zero attached hydrogens (tertiary/aromatic N) is 4. The van der Waals surface area contributed by atoms with Crippen molar-refractivity contribution in [1.82, 2.24) is 19.6 Å². The van der Waals surface area contributed by atoms with Gasteiger partial charge in [0.05, 0.1) is 24.2 Å². The van der Waals surface area contributed by atoms with E-state index in [-0.39, 0.29) is 18.0 Å². The number of anilines is 1. The highest BCUT2D eigenvalue weighted by Crippen LogP contribution is 2.37. The summed E-state index contributed by atoms with van der Waals surface area (Å²) < 4.78 is 39.9. The molecule has 6 nitrogen and oxygen atoms in total. The molecule has 0 saturated heterocycles. The van der Waals surface area contributed by atoms with Crippen molar-refractivity contribution in [2.24, 2.45) is 0 Å². The van der Waals surface area contributed by atoms with Crippen LogP contribution in [0.1, 0.15) is 56.3 Å². The van der Waals surface area contributed by atoms with Gasteiger partial charge in [-0.15, -0.1) is 5.10 Å². The van der Waals surface area contributed by atoms with Crippen LogP contribution in [0, 0.1) is 6.92 Å². The molecule has 0 aromatic carbocycles. The van der Waals surface area contributed by atoms with Gasteiger partial charge in [-0.3, -0.25) is 4.98 Å². The minimum Gasteiger partial charge on any atom is -0.393 e. The second-order valence-corrected chi connectivity index (χ2v) is 8.42. The predicted molar refractivity (Wildman–Crippen MR) is 112 cm³/mol. The fourth-order valence-electron chi connectivity index (χ4n) is 4.31. The smallest absolute Gasteiger partial charge is 0.391 e. The van der Waals surface area contributed by atoms with Crippen LogP contribution < -0.4 is 5.32 Å². The molecule has 3 aromatic heterocycles. The molecule has 1 fully saturated rings. The highest BCUT2D eigenvalue weighted by molar-refractivity contribution is 5.81. The second kappa shape index (κ2) is 8.45. The molecule has 9 heteroatoms. The quantitative estimate of drug-likeness (QED) is 0.600. The maximum absolute atomic E-state index is 12.7. The van der Waals surface area contributed by atoms with E-state index in [1.54, 1.807) is 16.9 Å². The molecule has 0 spiro atoms. The van der Waals surface area contributed by atoms with Crippen LogP contribution in [0.25, 0.3) is 16.6 Å². The average Bonchev–Trinajstić information content (AvgIpc) is 3.06. The van der Waals surface area contributed by atoms with Gasteiger partial charge in [0.25, 0.3) is 0 Å². The Morgan fingerprint density at radius 3 is 2.61 bits per heavy atom. The zero-order valence-corrected chi connectivity index (χ0v) is 17.5. The molecular formula is C22H26F3N5O. The highest BCUT2D eigenvalue weighted by atomic mass is 19.4. The molecule has 1 aliphatic carbocycles. The average molecular weight is 433 g/mol. The van der Waals surface area contributed by atoms with E-state index in [4.69, 9.17) is 0 Å². The molecule has 3 aromatic rings. The molecule has 3 heterocycles. The van der Waals surface area contributed by atoms with E-state index in [1.807, 2.05) is 19.1 Å². The van der Waals surface area contributed by atoms with Crippen molar-refractivity contribution in [2.45, 2.75) is 70.2 Å². The maximum Gasteiger partial charge on any atom is 0.391 e. The van der Waals surface area contributed by atoms with Crippen LogP contribution in [0.15, 0.2) is 30.6 Å². The number of halogens is 3. The lowest BCUT2D eigenvalue weighted by Gasteiger charge is -2.25. The summed E-state index contributed by atoms with van der Waals surface area (Å²) in [6.45, 7) is 3.39. The summed E-state index contributed by atoms with van der Waals surface area (Å²) >= 11 is 0. The van der Waals surface area contributed by atoms with Gasteiger partial charge in [-0.25, -0.2) is 9.50 Å². The van der Waals surface area contributed by atoms with E-state index in [0.29, 0.717) is 0 Å². The van der Waals surface area contributed by atoms with Crippen LogP contribution in [0.2, 0.25) is 0 Å². The Kier molecular flexibility index (Phi) is 5.88. The van der Waals surface area contributed by atoms with E-state index < -0.39 is 18.6 Å². The Labute approximate surface area is 178 Å². The van der Waals surface area contributed by atoms with Crippen molar-refractivity contribution < 1.29 is 18.3 Å². The molecule has 4 rings (SSSR count). The van der Waals surface area contributed by atoms with E-state index in [2.05, 4.69) is 26.4 Å². The largest absolute Gasteiger partial charge is 0.393 e. The van der Waals surface area contributed by atoms with Crippen LogP contribution in [-0.2, 0) is 0 Å². The highest BCUT2D eigenvalue weighted by Gasteiger charge is 2.30. The van der Waals surface area contributed by atoms with E-state index in [1.165, 1.54) is 6.92 Å². The van der Waals surface area contributed by atoms with Crippen molar-refractivity contribution in [1.29, 1.82) is 0 Å². The fourth-order valence-corrected chi connectivity index (χ4v) is 4.31. The van der Waals surface area contributed by atoms with Gasteiger partial charge in [-0.1, -0.05) is 0 Å². The fraction of sp³-hybridized carbons (Fsp3) is 0.500. The maximum atomic E-state index is 12.7. The lowest BCUT2D eigenvalue weighted by Crippen LogP contribution is -2.25. The summed E-state index contributed by atoms with van der Waals surface area (Å²) in [5.74, 6) is 0.373. The van der Waals surface area contributed by atoms with Gasteiger partial charge in [0, 0.05) is 35.1 Å². The third-order valence-corrected chi connectivity index (χ3v) is 5.78. The number of rotatable bonds is 5. The minimum atomic E-state index is -4.26. The first-order chi connectivity index (χ1) is 14.7. The summed E-state index contributed by atoms with van der Waals surface area (Å²) in [6.07, 6.45) is 1.01. The van der Waals surface area contributed by atoms with Crippen molar-refractivity contribution >= 4 is 11.5 Å². The number of alkyl halides is 3. The number of fused-ring (bicyclic) bond motifs is 1. The van der Waals surface area contributed by atoms with Crippen LogP contribution in [-0.4, -0.2) is 43.0 Å². The summed E-state index contributed by atoms with van der Waals surface area (Å²) in [5.41, 5.74) is 4.61. The molecule has 0 unspecified atom stereocenters. The number of aliphatic hydroxyl groups is 1. The first kappa shape index (κ1) is 21.5. The lowest BCUT2D eigenvalue weighted by molar-refractivity contribution is -0.136. The molecule has 2 N–H and O–H groups in total. The van der Waals surface area contributed by atoms with Gasteiger partial charge in [0.2, 0.25) is 5.95 Å². The topological polar surface area (TPSA) is 75.3 Å². The summed E-state index contributed by atoms with van der Waals surface area (Å²) in [7, 11) is 0. The summed E-state index contributed by atoms with van der Waals surface area (Å²) in [6, 6.07) is 5.16. The van der Waals surface area contributed by atoms with Gasteiger partial charge in [-0.2, -0.15) is 13.2 Å². The molecule has 0 radical (unpaired) electrons. The van der Waals surface area contributed by atoms with E-state index in [9.17, 15) is 18.3 Å². The van der Waals surface area contributed by atoms with E-state index in [0.717, 1.165) is 53.7 Å². The Morgan fingerprint density at radius 2 is 1.94 bits per heavy atom. The Hall–Kier alpha value is -2.68. The number of hydrogen-bond acceptors (Lipinski definition) is 5. The molecule has 1 saturated carbocycles. The van der Waals surface area contributed by atoms with Crippen molar-refractivity contribution in [2.75, 3.05) is 5.32 Å². The van der Waals surface area contributed by atoms with Gasteiger partial charge in [0.1, 0.15) is 0 Å². The zero-order valence-electron chi connectivity index (χ0n) is 17.5. The van der Waals surface area contributed by atoms with Crippen LogP contribution in [0.3, 0.4) is 0 Å². The van der Waals surface area contributed by atoms with Crippen LogP contribution >= 0.6 is 0 Å². The van der Waals surface area contributed by atoms with Gasteiger partial charge in [0.15, 0.2) is 0 Å². The molecule has 0 bridgehead atoms. The molecule has 1 atom stereocenters. The minimum absolute atomic E-state index is 0.161. The first-order valence-electron chi connectivity index (χ1n) is 10.5. The summed E-state index contributed by atoms with van der Waals surface area (Å²) in [5, 5.41) is 17.2. The first-order valence-corrected chi connectivity index (χ1v) is 10.5. The third kappa shape index (κ3) is 4.98. The van der Waals surface area contributed by atoms with Crippen LogP contribution in [0.4, 0.5) is 19.1 Å². The molecule has 0 amide bonds. The van der Waals surface area contributed by atoms with Gasteiger partial charge >= 0.3 is 6.18 Å². The number of aliphatic hydroxyl groups excluding tert-OH is 1. The number of aromatic nitrogens is 4. The van der Waals surface area contributed by atoms with Gasteiger partial charge < -0.3 is 10.4 Å². The normalized spacial score (nSPS) is 20.7. The van der Waals surface area contributed by atoms with Gasteiger partial charge in [-0.05, 0) is 63.3 Å². The standard InChI is InChI=1S/C22H26F3N5O/c1-13-9-16(7-8-26-13)18-10-19(15-3-5-17(31)6-4-15)30-20(18)12-27-21(29-30)28-14(2)11-22(23,24)25/h7-10,12,14-15,17,31H,3-6,11H2,1-2H3,(H,28,29)/t14-,15-,17-/m0/s1. The van der Waals surface area contributed by atoms with Crippen molar-refractivity contribution in [3.8, 4) is 11.1 Å². The predicted octanol–water partition coefficient (Wildman–Crippen LogP) is 4.87. The molecule has 166 valence electrons. The zero-order chi connectivity index (χ0) is 22.2. The third-order valence-electron chi connectivity index (χ3n) is 5.78. The van der Waals surface area contributed by atoms with E-state index >= 15 is 0 Å². The molecule has 31 heavy (non-hydrogen) atoms. The molecular weight excluding hydrogens is 407 g/mol. The second-order valence-electron chi connectivity index (χ2n) is 8.42. The number of hydrogen-bond donors (Lipinski definition) is 2. The Balaban J connectivity index is 1.74. The Bertz CT molecular complexity index is 1060. The monoisotopic (exact) mass is 433 g/mol. The Morgan fingerprint density at radius 1 is 1.19 bits per heavy atom. The van der Waals surface area contributed by atoms with Crippen LogP contribution in [0.5, 0.6) is 0 Å².